The van der Waals surface area contributed by atoms with Crippen LogP contribution in [0.25, 0.3) is 0 Å². The van der Waals surface area contributed by atoms with Gasteiger partial charge in [0, 0.05) is 5.69 Å². The molecule has 0 aromatic carbocycles. The first-order chi connectivity index (χ1) is 5.27. The van der Waals surface area contributed by atoms with Gasteiger partial charge >= 0.3 is 0 Å². The number of aliphatic hydroxyl groups excluding tert-OH is 1. The highest BCUT2D eigenvalue weighted by molar-refractivity contribution is 5.28. The van der Waals surface area contributed by atoms with Gasteiger partial charge in [0.2, 0.25) is 0 Å². The molecule has 1 atom stereocenters. The molecule has 11 heavy (non-hydrogen) atoms. The summed E-state index contributed by atoms with van der Waals surface area (Å²) in [6, 6.07) is 4.06. The summed E-state index contributed by atoms with van der Waals surface area (Å²) in [4.78, 5) is 4.28. The Hall–Kier alpha value is -0.890. The number of hydrogen-bond acceptors (Lipinski definition) is 2. The van der Waals surface area contributed by atoms with Crippen LogP contribution in [0.4, 0.5) is 0 Å². The van der Waals surface area contributed by atoms with E-state index in [0.29, 0.717) is 0 Å². The minimum absolute atomic E-state index is 0.315. The van der Waals surface area contributed by atoms with Crippen molar-refractivity contribution in [3.8, 4) is 0 Å². The third-order valence-corrected chi connectivity index (χ3v) is 2.15. The molecule has 0 spiro atoms. The Morgan fingerprint density at radius 2 is 2.36 bits per heavy atom. The molecule has 1 unspecified atom stereocenters. The highest BCUT2D eigenvalue weighted by atomic mass is 16.3. The summed E-state index contributed by atoms with van der Waals surface area (Å²) in [5.74, 6) is 0. The summed E-state index contributed by atoms with van der Waals surface area (Å²) in [5, 5.41) is 9.44. The first-order valence-corrected chi connectivity index (χ1v) is 3.92. The fourth-order valence-corrected chi connectivity index (χ4v) is 1.53. The number of rotatable bonds is 0. The second-order valence-corrected chi connectivity index (χ2v) is 3.05. The first-order valence-electron chi connectivity index (χ1n) is 3.92. The zero-order chi connectivity index (χ0) is 7.84. The van der Waals surface area contributed by atoms with Crippen molar-refractivity contribution in [3.63, 3.8) is 0 Å². The summed E-state index contributed by atoms with van der Waals surface area (Å²) >= 11 is 0. The number of pyridine rings is 1. The van der Waals surface area contributed by atoms with E-state index in [1.807, 2.05) is 13.0 Å². The highest BCUT2D eigenvalue weighted by Crippen LogP contribution is 2.28. The molecule has 0 saturated carbocycles. The van der Waals surface area contributed by atoms with Crippen LogP contribution in [0, 0.1) is 6.92 Å². The van der Waals surface area contributed by atoms with Crippen LogP contribution in [-0.2, 0) is 6.42 Å². The molecule has 1 aromatic heterocycles. The molecule has 2 nitrogen and oxygen atoms in total. The van der Waals surface area contributed by atoms with Crippen molar-refractivity contribution in [2.45, 2.75) is 25.9 Å². The predicted octanol–water partition coefficient (Wildman–Crippen LogP) is 1.37. The van der Waals surface area contributed by atoms with E-state index >= 15 is 0 Å². The monoisotopic (exact) mass is 149 g/mol. The Kier molecular flexibility index (Phi) is 1.43. The van der Waals surface area contributed by atoms with Crippen molar-refractivity contribution in [1.82, 2.24) is 4.98 Å². The van der Waals surface area contributed by atoms with Crippen LogP contribution in [0.5, 0.6) is 0 Å². The molecule has 0 fully saturated rings. The fraction of sp³-hybridized carbons (Fsp3) is 0.444. The van der Waals surface area contributed by atoms with E-state index in [4.69, 9.17) is 0 Å². The number of fused-ring (bicyclic) bond motifs is 1. The van der Waals surface area contributed by atoms with Gasteiger partial charge in [-0.3, -0.25) is 4.98 Å². The second-order valence-electron chi connectivity index (χ2n) is 3.05. The van der Waals surface area contributed by atoms with E-state index in [9.17, 15) is 5.11 Å². The average Bonchev–Trinajstić information content (AvgIpc) is 2.33. The molecule has 58 valence electrons. The standard InChI is InChI=1S/C9H11NO/c1-6-2-3-7-4-5-8(11)9(7)10-6/h2-3,8,11H,4-5H2,1H3. The third-order valence-electron chi connectivity index (χ3n) is 2.15. The van der Waals surface area contributed by atoms with Crippen molar-refractivity contribution in [1.29, 1.82) is 0 Å². The quantitative estimate of drug-likeness (QED) is 0.604. The molecule has 1 aliphatic carbocycles. The Bertz CT molecular complexity index is 283. The normalized spacial score (nSPS) is 21.8. The van der Waals surface area contributed by atoms with E-state index in [0.717, 1.165) is 24.2 Å². The van der Waals surface area contributed by atoms with E-state index in [1.165, 1.54) is 5.56 Å². The Balaban J connectivity index is 2.52. The number of aromatic nitrogens is 1. The lowest BCUT2D eigenvalue weighted by atomic mass is 10.2. The first kappa shape index (κ1) is 6.80. The maximum absolute atomic E-state index is 9.44. The molecule has 1 aliphatic rings. The van der Waals surface area contributed by atoms with Gasteiger partial charge in [0.25, 0.3) is 0 Å². The zero-order valence-corrected chi connectivity index (χ0v) is 6.54. The lowest BCUT2D eigenvalue weighted by Gasteiger charge is -2.02. The molecule has 1 heterocycles. The van der Waals surface area contributed by atoms with E-state index in [1.54, 1.807) is 0 Å². The van der Waals surface area contributed by atoms with Crippen molar-refractivity contribution in [3.05, 3.63) is 29.1 Å². The van der Waals surface area contributed by atoms with Crippen LogP contribution in [0.2, 0.25) is 0 Å². The molecule has 0 radical (unpaired) electrons. The average molecular weight is 149 g/mol. The summed E-state index contributed by atoms with van der Waals surface area (Å²) in [7, 11) is 0. The van der Waals surface area contributed by atoms with Crippen molar-refractivity contribution in [2.75, 3.05) is 0 Å². The van der Waals surface area contributed by atoms with Gasteiger partial charge in [-0.25, -0.2) is 0 Å². The SMILES string of the molecule is Cc1ccc2c(n1)C(O)CC2. The largest absolute Gasteiger partial charge is 0.387 e. The van der Waals surface area contributed by atoms with Gasteiger partial charge in [-0.05, 0) is 31.4 Å². The highest BCUT2D eigenvalue weighted by Gasteiger charge is 2.20. The van der Waals surface area contributed by atoms with Crippen LogP contribution >= 0.6 is 0 Å². The minimum Gasteiger partial charge on any atom is -0.387 e. The molecule has 2 rings (SSSR count). The lowest BCUT2D eigenvalue weighted by Crippen LogP contribution is -1.95. The zero-order valence-electron chi connectivity index (χ0n) is 6.54. The van der Waals surface area contributed by atoms with Crippen LogP contribution in [0.3, 0.4) is 0 Å². The van der Waals surface area contributed by atoms with Crippen LogP contribution < -0.4 is 0 Å². The smallest absolute Gasteiger partial charge is 0.0965 e. The van der Waals surface area contributed by atoms with Gasteiger partial charge < -0.3 is 5.11 Å². The van der Waals surface area contributed by atoms with Gasteiger partial charge in [-0.1, -0.05) is 6.07 Å². The Morgan fingerprint density at radius 3 is 3.18 bits per heavy atom. The van der Waals surface area contributed by atoms with Crippen molar-refractivity contribution in [2.24, 2.45) is 0 Å². The Labute approximate surface area is 65.9 Å². The fourth-order valence-electron chi connectivity index (χ4n) is 1.53. The number of hydrogen-bond donors (Lipinski definition) is 1. The van der Waals surface area contributed by atoms with Gasteiger partial charge in [-0.2, -0.15) is 0 Å². The summed E-state index contributed by atoms with van der Waals surface area (Å²) in [6.45, 7) is 1.95. The number of nitrogens with zero attached hydrogens (tertiary/aromatic N) is 1. The molecule has 1 aromatic rings. The molecular formula is C9H11NO. The third kappa shape index (κ3) is 1.03. The van der Waals surface area contributed by atoms with Gasteiger partial charge in [0.1, 0.15) is 0 Å². The van der Waals surface area contributed by atoms with Crippen molar-refractivity contribution >= 4 is 0 Å². The molecule has 0 bridgehead atoms. The number of aryl methyl sites for hydroxylation is 2. The lowest BCUT2D eigenvalue weighted by molar-refractivity contribution is 0.175. The van der Waals surface area contributed by atoms with E-state index < -0.39 is 0 Å². The molecule has 0 aliphatic heterocycles. The van der Waals surface area contributed by atoms with Gasteiger partial charge in [-0.15, -0.1) is 0 Å². The van der Waals surface area contributed by atoms with Crippen molar-refractivity contribution < 1.29 is 5.11 Å². The summed E-state index contributed by atoms with van der Waals surface area (Å²) < 4.78 is 0. The van der Waals surface area contributed by atoms with Crippen LogP contribution in [-0.4, -0.2) is 10.1 Å². The maximum atomic E-state index is 9.44. The van der Waals surface area contributed by atoms with Gasteiger partial charge in [0.15, 0.2) is 0 Å². The van der Waals surface area contributed by atoms with E-state index in [-0.39, 0.29) is 6.10 Å². The molecule has 0 amide bonds. The summed E-state index contributed by atoms with van der Waals surface area (Å²) in [6.07, 6.45) is 1.50. The minimum atomic E-state index is -0.315. The molecule has 0 saturated heterocycles. The predicted molar refractivity (Wildman–Crippen MR) is 42.3 cm³/mol. The Morgan fingerprint density at radius 1 is 1.55 bits per heavy atom. The molecular weight excluding hydrogens is 138 g/mol. The van der Waals surface area contributed by atoms with E-state index in [2.05, 4.69) is 11.1 Å². The topological polar surface area (TPSA) is 33.1 Å². The molecule has 2 heteroatoms. The van der Waals surface area contributed by atoms with Crippen LogP contribution in [0.15, 0.2) is 12.1 Å². The van der Waals surface area contributed by atoms with Crippen LogP contribution in [0.1, 0.15) is 29.5 Å². The summed E-state index contributed by atoms with van der Waals surface area (Å²) in [5.41, 5.74) is 3.10. The van der Waals surface area contributed by atoms with Gasteiger partial charge in [0.05, 0.1) is 11.8 Å². The number of aliphatic hydroxyl groups is 1. The second kappa shape index (κ2) is 2.31. The molecule has 1 N–H and O–H groups in total. The maximum Gasteiger partial charge on any atom is 0.0965 e.